The van der Waals surface area contributed by atoms with Crippen LogP contribution in [0.25, 0.3) is 0 Å². The minimum atomic E-state index is -0.313. The highest BCUT2D eigenvalue weighted by Gasteiger charge is 2.19. The van der Waals surface area contributed by atoms with E-state index in [4.69, 9.17) is 5.73 Å². The lowest BCUT2D eigenvalue weighted by molar-refractivity contribution is 0.278. The first kappa shape index (κ1) is 14.6. The number of nitrogens with two attached hydrogens (primary N) is 1. The van der Waals surface area contributed by atoms with Crippen molar-refractivity contribution in [1.29, 1.82) is 0 Å². The molecule has 0 bridgehead atoms. The molecular formula is C15H22BrFN2. The van der Waals surface area contributed by atoms with Gasteiger partial charge in [-0.25, -0.2) is 4.39 Å². The molecule has 0 unspecified atom stereocenters. The predicted molar refractivity (Wildman–Crippen MR) is 82.7 cm³/mol. The Kier molecular flexibility index (Phi) is 5.08. The Bertz CT molecular complexity index is 428. The number of rotatable bonds is 4. The first-order chi connectivity index (χ1) is 9.10. The molecule has 19 heavy (non-hydrogen) atoms. The number of halogens is 2. The second-order valence-electron chi connectivity index (χ2n) is 5.53. The van der Waals surface area contributed by atoms with Crippen LogP contribution in [0.1, 0.15) is 39.0 Å². The molecule has 0 atom stereocenters. The molecule has 2 nitrogen and oxygen atoms in total. The Morgan fingerprint density at radius 2 is 1.89 bits per heavy atom. The Morgan fingerprint density at radius 1 is 1.26 bits per heavy atom. The van der Waals surface area contributed by atoms with Crippen LogP contribution in [0.3, 0.4) is 0 Å². The topological polar surface area (TPSA) is 38.0 Å². The van der Waals surface area contributed by atoms with E-state index >= 15 is 0 Å². The Balaban J connectivity index is 1.88. The molecular weight excluding hydrogens is 307 g/mol. The summed E-state index contributed by atoms with van der Waals surface area (Å²) in [4.78, 5) is 0. The minimum Gasteiger partial charge on any atom is -0.397 e. The maximum absolute atomic E-state index is 13.3. The fourth-order valence-electron chi connectivity index (χ4n) is 2.81. The van der Waals surface area contributed by atoms with E-state index in [-0.39, 0.29) is 5.82 Å². The van der Waals surface area contributed by atoms with E-state index in [1.165, 1.54) is 38.2 Å². The van der Waals surface area contributed by atoms with Crippen molar-refractivity contribution in [2.75, 3.05) is 17.6 Å². The largest absolute Gasteiger partial charge is 0.397 e. The van der Waals surface area contributed by atoms with Gasteiger partial charge in [0.1, 0.15) is 5.82 Å². The summed E-state index contributed by atoms with van der Waals surface area (Å²) in [6.45, 7) is 3.21. The van der Waals surface area contributed by atoms with Gasteiger partial charge in [-0.3, -0.25) is 0 Å². The second kappa shape index (κ2) is 6.60. The fourth-order valence-corrected chi connectivity index (χ4v) is 3.16. The molecule has 1 aliphatic rings. The van der Waals surface area contributed by atoms with Crippen LogP contribution in [-0.2, 0) is 0 Å². The van der Waals surface area contributed by atoms with Gasteiger partial charge in [-0.1, -0.05) is 26.2 Å². The SMILES string of the molecule is CCC1CCC(CNc2cc(Br)c(F)cc2N)CC1. The highest BCUT2D eigenvalue weighted by atomic mass is 79.9. The highest BCUT2D eigenvalue weighted by molar-refractivity contribution is 9.10. The van der Waals surface area contributed by atoms with Gasteiger partial charge >= 0.3 is 0 Å². The van der Waals surface area contributed by atoms with Crippen molar-refractivity contribution >= 4 is 27.3 Å². The van der Waals surface area contributed by atoms with Crippen LogP contribution in [0, 0.1) is 17.7 Å². The molecule has 1 aromatic rings. The van der Waals surface area contributed by atoms with Gasteiger partial charge in [0.15, 0.2) is 0 Å². The normalized spacial score (nSPS) is 23.3. The second-order valence-corrected chi connectivity index (χ2v) is 6.38. The van der Waals surface area contributed by atoms with Crippen molar-refractivity contribution in [1.82, 2.24) is 0 Å². The van der Waals surface area contributed by atoms with E-state index in [1.807, 2.05) is 0 Å². The molecule has 3 N–H and O–H groups in total. The van der Waals surface area contributed by atoms with Crippen molar-refractivity contribution in [3.8, 4) is 0 Å². The van der Waals surface area contributed by atoms with Crippen LogP contribution in [-0.4, -0.2) is 6.54 Å². The third kappa shape index (κ3) is 3.85. The summed E-state index contributed by atoms with van der Waals surface area (Å²) >= 11 is 3.19. The fraction of sp³-hybridized carbons (Fsp3) is 0.600. The average Bonchev–Trinajstić information content (AvgIpc) is 2.42. The van der Waals surface area contributed by atoms with E-state index in [0.29, 0.717) is 16.1 Å². The number of hydrogen-bond acceptors (Lipinski definition) is 2. The van der Waals surface area contributed by atoms with Gasteiger partial charge < -0.3 is 11.1 Å². The molecule has 0 heterocycles. The number of nitrogens with one attached hydrogen (secondary N) is 1. The van der Waals surface area contributed by atoms with Crippen molar-refractivity contribution in [2.45, 2.75) is 39.0 Å². The lowest BCUT2D eigenvalue weighted by atomic mass is 9.81. The highest BCUT2D eigenvalue weighted by Crippen LogP contribution is 2.32. The molecule has 1 fully saturated rings. The first-order valence-electron chi connectivity index (χ1n) is 7.08. The Labute approximate surface area is 123 Å². The number of hydrogen-bond donors (Lipinski definition) is 2. The summed E-state index contributed by atoms with van der Waals surface area (Å²) in [6.07, 6.45) is 6.55. The van der Waals surface area contributed by atoms with Crippen molar-refractivity contribution in [3.05, 3.63) is 22.4 Å². The van der Waals surface area contributed by atoms with Gasteiger partial charge in [-0.2, -0.15) is 0 Å². The molecule has 4 heteroatoms. The minimum absolute atomic E-state index is 0.313. The Morgan fingerprint density at radius 3 is 2.53 bits per heavy atom. The molecule has 0 amide bonds. The zero-order chi connectivity index (χ0) is 13.8. The van der Waals surface area contributed by atoms with Gasteiger partial charge in [-0.05, 0) is 46.7 Å². The molecule has 0 saturated heterocycles. The van der Waals surface area contributed by atoms with Gasteiger partial charge in [-0.15, -0.1) is 0 Å². The summed E-state index contributed by atoms with van der Waals surface area (Å²) in [5.41, 5.74) is 7.13. The maximum Gasteiger partial charge on any atom is 0.139 e. The smallest absolute Gasteiger partial charge is 0.139 e. The van der Waals surface area contributed by atoms with Gasteiger partial charge in [0.2, 0.25) is 0 Å². The van der Waals surface area contributed by atoms with Crippen LogP contribution in [0.4, 0.5) is 15.8 Å². The van der Waals surface area contributed by atoms with E-state index in [9.17, 15) is 4.39 Å². The first-order valence-corrected chi connectivity index (χ1v) is 7.87. The van der Waals surface area contributed by atoms with Crippen LogP contribution in [0.2, 0.25) is 0 Å². The molecule has 106 valence electrons. The Hall–Kier alpha value is -0.770. The number of nitrogen functional groups attached to an aromatic ring is 1. The van der Waals surface area contributed by atoms with Crippen LogP contribution in [0.5, 0.6) is 0 Å². The van der Waals surface area contributed by atoms with E-state index in [0.717, 1.165) is 18.2 Å². The lowest BCUT2D eigenvalue weighted by Crippen LogP contribution is -2.21. The summed E-state index contributed by atoms with van der Waals surface area (Å²) < 4.78 is 13.7. The molecule has 1 aromatic carbocycles. The van der Waals surface area contributed by atoms with Crippen molar-refractivity contribution in [3.63, 3.8) is 0 Å². The molecule has 0 radical (unpaired) electrons. The van der Waals surface area contributed by atoms with Gasteiger partial charge in [0.25, 0.3) is 0 Å². The molecule has 1 aliphatic carbocycles. The quantitative estimate of drug-likeness (QED) is 0.779. The zero-order valence-electron chi connectivity index (χ0n) is 11.4. The van der Waals surface area contributed by atoms with Crippen LogP contribution >= 0.6 is 15.9 Å². The number of benzene rings is 1. The molecule has 2 rings (SSSR count). The monoisotopic (exact) mass is 328 g/mol. The lowest BCUT2D eigenvalue weighted by Gasteiger charge is -2.28. The molecule has 0 aliphatic heterocycles. The predicted octanol–water partition coefficient (Wildman–Crippen LogP) is 4.80. The van der Waals surface area contributed by atoms with E-state index < -0.39 is 0 Å². The number of anilines is 2. The van der Waals surface area contributed by atoms with E-state index in [2.05, 4.69) is 28.2 Å². The van der Waals surface area contributed by atoms with E-state index in [1.54, 1.807) is 6.07 Å². The van der Waals surface area contributed by atoms with Crippen LogP contribution in [0.15, 0.2) is 16.6 Å². The summed E-state index contributed by atoms with van der Waals surface area (Å²) in [5, 5.41) is 3.36. The van der Waals surface area contributed by atoms with Crippen molar-refractivity contribution in [2.24, 2.45) is 11.8 Å². The third-order valence-corrected chi connectivity index (χ3v) is 4.83. The van der Waals surface area contributed by atoms with Crippen LogP contribution < -0.4 is 11.1 Å². The summed E-state index contributed by atoms with van der Waals surface area (Å²) in [6, 6.07) is 3.09. The summed E-state index contributed by atoms with van der Waals surface area (Å²) in [5.74, 6) is 1.32. The van der Waals surface area contributed by atoms with Crippen molar-refractivity contribution < 1.29 is 4.39 Å². The average molecular weight is 329 g/mol. The third-order valence-electron chi connectivity index (χ3n) is 4.22. The van der Waals surface area contributed by atoms with Gasteiger partial charge in [0.05, 0.1) is 15.8 Å². The van der Waals surface area contributed by atoms with Gasteiger partial charge in [0, 0.05) is 12.6 Å². The summed E-state index contributed by atoms with van der Waals surface area (Å²) in [7, 11) is 0. The molecule has 1 saturated carbocycles. The molecule has 0 aromatic heterocycles. The standard InChI is InChI=1S/C15H22BrFN2/c1-2-10-3-5-11(6-4-10)9-19-15-7-12(16)13(17)8-14(15)18/h7-8,10-11,19H,2-6,9,18H2,1H3. The zero-order valence-corrected chi connectivity index (χ0v) is 13.0. The molecule has 0 spiro atoms. The maximum atomic E-state index is 13.3.